The number of benzene rings is 1. The van der Waals surface area contributed by atoms with Crippen LogP contribution in [0.4, 0.5) is 23.0 Å². The number of carbonyl (C=O) groups excluding carboxylic acids is 2. The number of likely N-dealkylation sites (tertiary alicyclic amines) is 1. The predicted octanol–water partition coefficient (Wildman–Crippen LogP) is 1.27. The number of piperidine rings is 1. The van der Waals surface area contributed by atoms with Crippen molar-refractivity contribution in [1.82, 2.24) is 24.7 Å². The average molecular weight is 578 g/mol. The van der Waals surface area contributed by atoms with Crippen LogP contribution >= 0.6 is 0 Å². The fourth-order valence-electron chi connectivity index (χ4n) is 6.07. The topological polar surface area (TPSA) is 143 Å². The molecule has 1 aromatic carbocycles. The molecule has 0 unspecified atom stereocenters. The molecule has 0 aliphatic carbocycles. The Balaban J connectivity index is 1.26. The molecule has 3 aliphatic rings. The minimum atomic E-state index is -0.785. The maximum Gasteiger partial charge on any atom is 0.271 e. The molecule has 2 aromatic rings. The van der Waals surface area contributed by atoms with E-state index < -0.39 is 18.1 Å². The van der Waals surface area contributed by atoms with E-state index in [0.717, 1.165) is 63.5 Å². The summed E-state index contributed by atoms with van der Waals surface area (Å²) in [5.74, 6) is -0.263. The third kappa shape index (κ3) is 6.66. The lowest BCUT2D eigenvalue weighted by Gasteiger charge is -2.42. The van der Waals surface area contributed by atoms with E-state index in [9.17, 15) is 14.7 Å². The van der Waals surface area contributed by atoms with E-state index in [2.05, 4.69) is 61.1 Å². The van der Waals surface area contributed by atoms with Crippen LogP contribution in [-0.2, 0) is 11.2 Å². The number of aryl methyl sites for hydroxylation is 1. The van der Waals surface area contributed by atoms with Crippen LogP contribution in [-0.4, -0.2) is 119 Å². The van der Waals surface area contributed by atoms with Gasteiger partial charge in [-0.05, 0) is 56.7 Å². The summed E-state index contributed by atoms with van der Waals surface area (Å²) >= 11 is 0. The number of aliphatic hydroxyl groups is 1. The molecule has 3 saturated heterocycles. The van der Waals surface area contributed by atoms with Crippen molar-refractivity contribution in [3.63, 3.8) is 0 Å². The van der Waals surface area contributed by atoms with Gasteiger partial charge in [-0.15, -0.1) is 0 Å². The summed E-state index contributed by atoms with van der Waals surface area (Å²) in [6.07, 6.45) is 3.27. The quantitative estimate of drug-likeness (QED) is 0.322. The predicted molar refractivity (Wildman–Crippen MR) is 164 cm³/mol. The van der Waals surface area contributed by atoms with Gasteiger partial charge in [0.25, 0.3) is 5.91 Å². The Bertz CT molecular complexity index is 1270. The maximum atomic E-state index is 12.3. The van der Waals surface area contributed by atoms with Crippen molar-refractivity contribution in [2.75, 3.05) is 74.9 Å². The molecule has 0 saturated carbocycles. The molecule has 3 aliphatic heterocycles. The molecule has 0 radical (unpaired) electrons. The number of nitrogens with zero attached hydrogens (tertiary/aromatic N) is 6. The third-order valence-corrected chi connectivity index (χ3v) is 8.65. The van der Waals surface area contributed by atoms with Gasteiger partial charge in [0.05, 0.1) is 17.8 Å². The van der Waals surface area contributed by atoms with Gasteiger partial charge in [-0.3, -0.25) is 14.5 Å². The van der Waals surface area contributed by atoms with Crippen LogP contribution in [0.15, 0.2) is 36.9 Å². The molecule has 5 N–H and O–H groups in total. The first-order chi connectivity index (χ1) is 20.2. The first-order valence-corrected chi connectivity index (χ1v) is 14.9. The van der Waals surface area contributed by atoms with Crippen molar-refractivity contribution in [3.05, 3.63) is 48.3 Å². The summed E-state index contributed by atoms with van der Waals surface area (Å²) in [6, 6.07) is 8.31. The largest absolute Gasteiger partial charge is 0.389 e. The number of nitrogens with two attached hydrogens (primary N) is 1. The summed E-state index contributed by atoms with van der Waals surface area (Å²) in [6.45, 7) is 12.6. The highest BCUT2D eigenvalue weighted by Crippen LogP contribution is 2.28. The number of aliphatic hydroxyl groups excluding tert-OH is 1. The normalized spacial score (nSPS) is 22.3. The summed E-state index contributed by atoms with van der Waals surface area (Å²) in [7, 11) is 2.19. The number of hydrogen-bond donors (Lipinski definition) is 4. The minimum Gasteiger partial charge on any atom is -0.389 e. The van der Waals surface area contributed by atoms with Gasteiger partial charge >= 0.3 is 0 Å². The van der Waals surface area contributed by atoms with Crippen molar-refractivity contribution >= 4 is 34.8 Å². The van der Waals surface area contributed by atoms with Gasteiger partial charge in [0, 0.05) is 69.8 Å². The summed E-state index contributed by atoms with van der Waals surface area (Å²) in [5.41, 5.74) is 8.19. The molecule has 2 amide bonds. The van der Waals surface area contributed by atoms with Gasteiger partial charge in [0.1, 0.15) is 0 Å². The van der Waals surface area contributed by atoms with E-state index in [4.69, 9.17) is 5.73 Å². The molecular weight excluding hydrogens is 534 g/mol. The number of anilines is 4. The van der Waals surface area contributed by atoms with Gasteiger partial charge in [0.15, 0.2) is 17.3 Å². The van der Waals surface area contributed by atoms with Crippen LogP contribution < -0.4 is 21.3 Å². The van der Waals surface area contributed by atoms with E-state index in [1.54, 1.807) is 0 Å². The molecule has 12 heteroatoms. The Morgan fingerprint density at radius 2 is 1.74 bits per heavy atom. The zero-order valence-corrected chi connectivity index (χ0v) is 24.6. The highest BCUT2D eigenvalue weighted by atomic mass is 16.3. The SMILES string of the molecule is C=CC(=O)N1C[C@H](Nc2nc(Nc3ccc(N4CCC(N5CCN(C)CC5)CC4)cc3)c(C(N)=O)nc2CC)[C@@H](O)C1. The van der Waals surface area contributed by atoms with E-state index >= 15 is 0 Å². The summed E-state index contributed by atoms with van der Waals surface area (Å²) in [4.78, 5) is 42.6. The van der Waals surface area contributed by atoms with Crippen molar-refractivity contribution in [1.29, 1.82) is 0 Å². The fraction of sp³-hybridized carbons (Fsp3) is 0.533. The first kappa shape index (κ1) is 29.7. The standard InChI is InChI=1S/C30H43N9O3/c1-4-23-29(34-24-18-39(19-25(24)40)26(41)5-2)35-30(27(33-23)28(31)42)32-20-6-8-21(9-7-20)37-12-10-22(11-13-37)38-16-14-36(3)15-17-38/h5-9,22,24-25,40H,2,4,10-19H2,1,3H3,(H2,31,42)(H2,32,34,35)/t24-,25-/m0/s1. The molecule has 42 heavy (non-hydrogen) atoms. The van der Waals surface area contributed by atoms with Crippen LogP contribution in [0.5, 0.6) is 0 Å². The lowest BCUT2D eigenvalue weighted by Crippen LogP contribution is -2.52. The van der Waals surface area contributed by atoms with Gasteiger partial charge in [-0.25, -0.2) is 9.97 Å². The van der Waals surface area contributed by atoms with Gasteiger partial charge in [0.2, 0.25) is 5.91 Å². The Morgan fingerprint density at radius 3 is 2.36 bits per heavy atom. The van der Waals surface area contributed by atoms with Crippen molar-refractivity contribution in [2.24, 2.45) is 5.73 Å². The second kappa shape index (κ2) is 13.1. The number of nitrogens with one attached hydrogen (secondary N) is 2. The number of piperazine rings is 1. The highest BCUT2D eigenvalue weighted by molar-refractivity contribution is 5.96. The number of primary amides is 1. The molecule has 2 atom stereocenters. The molecular formula is C30H43N9O3. The van der Waals surface area contributed by atoms with Crippen LogP contribution in [0.2, 0.25) is 0 Å². The van der Waals surface area contributed by atoms with E-state index in [0.29, 0.717) is 30.5 Å². The number of β-amino-alcohol motifs (C(OH)–C–C–N with tert-alkyl or cyclic N) is 1. The first-order valence-electron chi connectivity index (χ1n) is 14.9. The Morgan fingerprint density at radius 1 is 1.05 bits per heavy atom. The fourth-order valence-corrected chi connectivity index (χ4v) is 6.07. The molecule has 1 aromatic heterocycles. The zero-order chi connectivity index (χ0) is 29.8. The van der Waals surface area contributed by atoms with Crippen molar-refractivity contribution in [2.45, 2.75) is 44.4 Å². The molecule has 0 bridgehead atoms. The Kier molecular flexibility index (Phi) is 9.24. The number of amides is 2. The number of aromatic nitrogens is 2. The van der Waals surface area contributed by atoms with Gasteiger partial charge in [-0.1, -0.05) is 13.5 Å². The number of hydrogen-bond acceptors (Lipinski definition) is 10. The van der Waals surface area contributed by atoms with Gasteiger partial charge < -0.3 is 36.2 Å². The van der Waals surface area contributed by atoms with Crippen molar-refractivity contribution in [3.8, 4) is 0 Å². The van der Waals surface area contributed by atoms with Crippen LogP contribution in [0, 0.1) is 0 Å². The average Bonchev–Trinajstić information content (AvgIpc) is 3.37. The summed E-state index contributed by atoms with van der Waals surface area (Å²) < 4.78 is 0. The molecule has 5 rings (SSSR count). The number of carbonyl (C=O) groups is 2. The highest BCUT2D eigenvalue weighted by Gasteiger charge is 2.34. The number of likely N-dealkylation sites (N-methyl/N-ethyl adjacent to an activating group) is 1. The second-order valence-electron chi connectivity index (χ2n) is 11.4. The molecule has 12 nitrogen and oxygen atoms in total. The lowest BCUT2D eigenvalue weighted by molar-refractivity contribution is -0.125. The molecule has 3 fully saturated rings. The lowest BCUT2D eigenvalue weighted by atomic mass is 10.0. The zero-order valence-electron chi connectivity index (χ0n) is 24.6. The second-order valence-corrected chi connectivity index (χ2v) is 11.4. The van der Waals surface area contributed by atoms with Crippen LogP contribution in [0.3, 0.4) is 0 Å². The van der Waals surface area contributed by atoms with Crippen molar-refractivity contribution < 1.29 is 14.7 Å². The Hall–Kier alpha value is -3.74. The van der Waals surface area contributed by atoms with Crippen LogP contribution in [0.25, 0.3) is 0 Å². The smallest absolute Gasteiger partial charge is 0.271 e. The molecule has 4 heterocycles. The molecule has 0 spiro atoms. The van der Waals surface area contributed by atoms with E-state index in [-0.39, 0.29) is 24.0 Å². The maximum absolute atomic E-state index is 12.3. The van der Waals surface area contributed by atoms with Gasteiger partial charge in [-0.2, -0.15) is 0 Å². The van der Waals surface area contributed by atoms with E-state index in [1.165, 1.54) is 11.0 Å². The van der Waals surface area contributed by atoms with E-state index in [1.807, 2.05) is 19.1 Å². The Labute approximate surface area is 247 Å². The van der Waals surface area contributed by atoms with Crippen LogP contribution in [0.1, 0.15) is 35.9 Å². The monoisotopic (exact) mass is 577 g/mol. The third-order valence-electron chi connectivity index (χ3n) is 8.65. The summed E-state index contributed by atoms with van der Waals surface area (Å²) in [5, 5.41) is 17.0. The number of rotatable bonds is 9. The molecule has 226 valence electrons. The minimum absolute atomic E-state index is 0.0443.